The van der Waals surface area contributed by atoms with Crippen LogP contribution in [0.2, 0.25) is 0 Å². The predicted molar refractivity (Wildman–Crippen MR) is 69.4 cm³/mol. The summed E-state index contributed by atoms with van der Waals surface area (Å²) in [6.45, 7) is 8.90. The van der Waals surface area contributed by atoms with Gasteiger partial charge in [-0.25, -0.2) is 0 Å². The van der Waals surface area contributed by atoms with Gasteiger partial charge < -0.3 is 4.74 Å². The molecule has 0 fully saturated rings. The van der Waals surface area contributed by atoms with Crippen molar-refractivity contribution in [1.82, 2.24) is 10.4 Å². The first-order chi connectivity index (χ1) is 8.09. The van der Waals surface area contributed by atoms with E-state index >= 15 is 0 Å². The van der Waals surface area contributed by atoms with Crippen LogP contribution in [0.25, 0.3) is 0 Å². The van der Waals surface area contributed by atoms with Gasteiger partial charge in [-0.1, -0.05) is 6.92 Å². The first kappa shape index (κ1) is 14.1. The molecule has 4 nitrogen and oxygen atoms in total. The molecule has 2 unspecified atom stereocenters. The van der Waals surface area contributed by atoms with Crippen LogP contribution in [0.15, 0.2) is 18.5 Å². The number of nitrogens with two attached hydrogens (primary N) is 1. The van der Waals surface area contributed by atoms with Crippen molar-refractivity contribution < 1.29 is 4.74 Å². The summed E-state index contributed by atoms with van der Waals surface area (Å²) in [5.41, 5.74) is 4.81. The molecule has 4 heteroatoms. The molecule has 0 aliphatic heterocycles. The van der Waals surface area contributed by atoms with Gasteiger partial charge in [-0.05, 0) is 44.4 Å². The zero-order chi connectivity index (χ0) is 12.9. The van der Waals surface area contributed by atoms with Gasteiger partial charge in [-0.3, -0.25) is 16.3 Å². The Morgan fingerprint density at radius 2 is 2.24 bits per heavy atom. The third-order valence-corrected chi connectivity index (χ3v) is 3.34. The van der Waals surface area contributed by atoms with Crippen molar-refractivity contribution in [2.24, 2.45) is 5.84 Å². The highest BCUT2D eigenvalue weighted by Gasteiger charge is 2.34. The molecule has 0 radical (unpaired) electrons. The second kappa shape index (κ2) is 6.10. The van der Waals surface area contributed by atoms with E-state index in [0.717, 1.165) is 12.0 Å². The molecule has 17 heavy (non-hydrogen) atoms. The molecule has 3 N–H and O–H groups in total. The van der Waals surface area contributed by atoms with E-state index in [1.165, 1.54) is 5.56 Å². The zero-order valence-corrected chi connectivity index (χ0v) is 11.2. The van der Waals surface area contributed by atoms with Crippen molar-refractivity contribution in [3.63, 3.8) is 0 Å². The highest BCUT2D eigenvalue weighted by Crippen LogP contribution is 2.32. The maximum Gasteiger partial charge on any atom is 0.0859 e. The summed E-state index contributed by atoms with van der Waals surface area (Å²) in [6, 6.07) is 1.93. The first-order valence-corrected chi connectivity index (χ1v) is 6.09. The molecule has 1 rings (SSSR count). The van der Waals surface area contributed by atoms with E-state index in [0.29, 0.717) is 6.61 Å². The summed E-state index contributed by atoms with van der Waals surface area (Å²) in [5, 5.41) is 0. The topological polar surface area (TPSA) is 60.2 Å². The molecular formula is C13H23N3O. The van der Waals surface area contributed by atoms with E-state index in [4.69, 9.17) is 10.6 Å². The van der Waals surface area contributed by atoms with Crippen LogP contribution in [-0.4, -0.2) is 17.2 Å². The molecule has 0 aliphatic carbocycles. The lowest BCUT2D eigenvalue weighted by Crippen LogP contribution is -2.46. The van der Waals surface area contributed by atoms with E-state index < -0.39 is 0 Å². The number of rotatable bonds is 6. The highest BCUT2D eigenvalue weighted by molar-refractivity contribution is 5.27. The van der Waals surface area contributed by atoms with Crippen molar-refractivity contribution in [2.45, 2.75) is 45.8 Å². The maximum atomic E-state index is 5.87. The number of hydrogen-bond acceptors (Lipinski definition) is 4. The molecule has 1 aromatic rings. The van der Waals surface area contributed by atoms with Gasteiger partial charge in [0.1, 0.15) is 0 Å². The van der Waals surface area contributed by atoms with Crippen LogP contribution in [0.5, 0.6) is 0 Å². The van der Waals surface area contributed by atoms with Crippen molar-refractivity contribution in [2.75, 3.05) is 6.61 Å². The van der Waals surface area contributed by atoms with Crippen molar-refractivity contribution in [3.8, 4) is 0 Å². The summed E-state index contributed by atoms with van der Waals surface area (Å²) >= 11 is 0. The number of hydrazine groups is 1. The number of aryl methyl sites for hydroxylation is 1. The van der Waals surface area contributed by atoms with E-state index in [-0.39, 0.29) is 11.6 Å². The Morgan fingerprint density at radius 3 is 2.71 bits per heavy atom. The number of hydrogen-bond donors (Lipinski definition) is 2. The van der Waals surface area contributed by atoms with Crippen LogP contribution in [0.1, 0.15) is 44.4 Å². The van der Waals surface area contributed by atoms with Crippen LogP contribution < -0.4 is 11.3 Å². The summed E-state index contributed by atoms with van der Waals surface area (Å²) in [7, 11) is 0. The van der Waals surface area contributed by atoms with Crippen LogP contribution in [-0.2, 0) is 4.74 Å². The molecule has 0 saturated heterocycles. The normalized spacial score (nSPS) is 16.5. The van der Waals surface area contributed by atoms with E-state index in [1.807, 2.05) is 19.2 Å². The lowest BCUT2D eigenvalue weighted by atomic mass is 9.87. The Labute approximate surface area is 104 Å². The van der Waals surface area contributed by atoms with Gasteiger partial charge in [0.25, 0.3) is 0 Å². The van der Waals surface area contributed by atoms with Crippen LogP contribution in [0, 0.1) is 6.92 Å². The molecule has 0 bridgehead atoms. The number of aromatic nitrogens is 1. The van der Waals surface area contributed by atoms with Crippen LogP contribution in [0.4, 0.5) is 0 Å². The molecule has 1 heterocycles. The SMILES string of the molecule is CCOC(C)(CC)C(NN)c1cnccc1C. The number of nitrogens with zero attached hydrogens (tertiary/aromatic N) is 1. The fourth-order valence-electron chi connectivity index (χ4n) is 2.09. The van der Waals surface area contributed by atoms with Gasteiger partial charge in [-0.15, -0.1) is 0 Å². The lowest BCUT2D eigenvalue weighted by Gasteiger charge is -2.37. The third kappa shape index (κ3) is 3.03. The van der Waals surface area contributed by atoms with Gasteiger partial charge >= 0.3 is 0 Å². The average Bonchev–Trinajstić information content (AvgIpc) is 2.33. The Morgan fingerprint density at radius 1 is 1.53 bits per heavy atom. The van der Waals surface area contributed by atoms with Crippen molar-refractivity contribution in [3.05, 3.63) is 29.6 Å². The number of ether oxygens (including phenoxy) is 1. The summed E-state index contributed by atoms with van der Waals surface area (Å²) < 4.78 is 5.87. The Bertz CT molecular complexity index is 356. The molecule has 2 atom stereocenters. The molecule has 0 aliphatic rings. The van der Waals surface area contributed by atoms with E-state index in [2.05, 4.69) is 31.2 Å². The molecule has 0 amide bonds. The molecule has 96 valence electrons. The fourth-order valence-corrected chi connectivity index (χ4v) is 2.09. The van der Waals surface area contributed by atoms with E-state index in [1.54, 1.807) is 6.20 Å². The van der Waals surface area contributed by atoms with Gasteiger partial charge in [0.05, 0.1) is 11.6 Å². The Hall–Kier alpha value is -0.970. The largest absolute Gasteiger partial charge is 0.374 e. The maximum absolute atomic E-state index is 5.87. The van der Waals surface area contributed by atoms with Crippen molar-refractivity contribution >= 4 is 0 Å². The highest BCUT2D eigenvalue weighted by atomic mass is 16.5. The van der Waals surface area contributed by atoms with Gasteiger partial charge in [0.15, 0.2) is 0 Å². The summed E-state index contributed by atoms with van der Waals surface area (Å²) in [4.78, 5) is 4.17. The second-order valence-electron chi connectivity index (χ2n) is 4.43. The molecule has 0 spiro atoms. The predicted octanol–water partition coefficient (Wildman–Crippen LogP) is 2.10. The van der Waals surface area contributed by atoms with Crippen LogP contribution in [0.3, 0.4) is 0 Å². The molecular weight excluding hydrogens is 214 g/mol. The smallest absolute Gasteiger partial charge is 0.0859 e. The first-order valence-electron chi connectivity index (χ1n) is 6.09. The number of pyridine rings is 1. The minimum Gasteiger partial charge on any atom is -0.374 e. The molecule has 0 aromatic carbocycles. The summed E-state index contributed by atoms with van der Waals surface area (Å²) in [6.07, 6.45) is 4.52. The van der Waals surface area contributed by atoms with Crippen LogP contribution >= 0.6 is 0 Å². The third-order valence-electron chi connectivity index (χ3n) is 3.34. The summed E-state index contributed by atoms with van der Waals surface area (Å²) in [5.74, 6) is 5.71. The number of nitrogens with one attached hydrogen (secondary N) is 1. The molecule has 0 saturated carbocycles. The second-order valence-corrected chi connectivity index (χ2v) is 4.43. The molecule has 1 aromatic heterocycles. The van der Waals surface area contributed by atoms with E-state index in [9.17, 15) is 0 Å². The lowest BCUT2D eigenvalue weighted by molar-refractivity contribution is -0.0566. The van der Waals surface area contributed by atoms with Gasteiger partial charge in [-0.2, -0.15) is 0 Å². The van der Waals surface area contributed by atoms with Gasteiger partial charge in [0.2, 0.25) is 0 Å². The fraction of sp³-hybridized carbons (Fsp3) is 0.615. The standard InChI is InChI=1S/C13H23N3O/c1-5-13(4,17-6-2)12(16-14)11-9-15-8-7-10(11)3/h7-9,12,16H,5-6,14H2,1-4H3. The van der Waals surface area contributed by atoms with Gasteiger partial charge in [0, 0.05) is 19.0 Å². The quantitative estimate of drug-likeness (QED) is 0.587. The minimum absolute atomic E-state index is 0.0545. The minimum atomic E-state index is -0.322. The van der Waals surface area contributed by atoms with Crippen molar-refractivity contribution in [1.29, 1.82) is 0 Å². The Balaban J connectivity index is 3.09. The zero-order valence-electron chi connectivity index (χ0n) is 11.2. The monoisotopic (exact) mass is 237 g/mol. The Kier molecular flexibility index (Phi) is 5.05. The average molecular weight is 237 g/mol.